The van der Waals surface area contributed by atoms with Gasteiger partial charge in [0.2, 0.25) is 5.16 Å². The largest absolute Gasteiger partial charge is 0.494 e. The van der Waals surface area contributed by atoms with Crippen molar-refractivity contribution in [3.8, 4) is 17.0 Å². The fraction of sp³-hybridized carbons (Fsp3) is 0.150. The first-order valence-electron chi connectivity index (χ1n) is 8.73. The van der Waals surface area contributed by atoms with Crippen molar-refractivity contribution >= 4 is 17.3 Å². The number of benzene rings is 2. The van der Waals surface area contributed by atoms with Crippen LogP contribution in [0.3, 0.4) is 0 Å². The van der Waals surface area contributed by atoms with Crippen LogP contribution in [-0.2, 0) is 5.75 Å². The van der Waals surface area contributed by atoms with Crippen LogP contribution in [0.2, 0.25) is 0 Å². The first kappa shape index (κ1) is 18.2. The van der Waals surface area contributed by atoms with Crippen molar-refractivity contribution in [3.05, 3.63) is 76.3 Å². The van der Waals surface area contributed by atoms with Gasteiger partial charge in [0.05, 0.1) is 12.3 Å². The molecule has 2 aromatic heterocycles. The summed E-state index contributed by atoms with van der Waals surface area (Å²) in [5, 5.41) is 11.7. The molecular formula is C20H17FN4O2S. The van der Waals surface area contributed by atoms with E-state index < -0.39 is 0 Å². The van der Waals surface area contributed by atoms with Crippen molar-refractivity contribution in [2.75, 3.05) is 6.61 Å². The summed E-state index contributed by atoms with van der Waals surface area (Å²) in [4.78, 5) is 12.2. The molecule has 6 nitrogen and oxygen atoms in total. The van der Waals surface area contributed by atoms with Crippen LogP contribution >= 0.6 is 11.8 Å². The van der Waals surface area contributed by atoms with Gasteiger partial charge in [-0.1, -0.05) is 23.9 Å². The lowest BCUT2D eigenvalue weighted by molar-refractivity contribution is 0.340. The van der Waals surface area contributed by atoms with Gasteiger partial charge in [0.25, 0.3) is 5.56 Å². The second kappa shape index (κ2) is 7.85. The van der Waals surface area contributed by atoms with Crippen molar-refractivity contribution in [1.29, 1.82) is 0 Å². The number of aromatic amines is 1. The number of halogens is 1. The highest BCUT2D eigenvalue weighted by Gasteiger charge is 2.12. The third-order valence-corrected chi connectivity index (χ3v) is 5.12. The Balaban J connectivity index is 1.64. The number of hydrogen-bond acceptors (Lipinski definition) is 5. The first-order valence-corrected chi connectivity index (χ1v) is 9.71. The van der Waals surface area contributed by atoms with Crippen molar-refractivity contribution in [3.63, 3.8) is 0 Å². The summed E-state index contributed by atoms with van der Waals surface area (Å²) in [5.74, 6) is 1.09. The molecule has 142 valence electrons. The first-order chi connectivity index (χ1) is 13.6. The van der Waals surface area contributed by atoms with Crippen LogP contribution in [0, 0.1) is 5.82 Å². The number of aromatic nitrogens is 4. The Kier molecular flexibility index (Phi) is 5.12. The van der Waals surface area contributed by atoms with Crippen molar-refractivity contribution in [2.45, 2.75) is 17.8 Å². The number of H-pyrrole nitrogens is 1. The molecule has 0 aliphatic heterocycles. The number of thioether (sulfide) groups is 1. The van der Waals surface area contributed by atoms with Crippen LogP contribution in [0.1, 0.15) is 12.5 Å². The lowest BCUT2D eigenvalue weighted by Gasteiger charge is -2.04. The van der Waals surface area contributed by atoms with E-state index in [9.17, 15) is 9.18 Å². The molecule has 0 atom stereocenters. The number of hydrogen-bond donors (Lipinski definition) is 1. The maximum atomic E-state index is 13.1. The van der Waals surface area contributed by atoms with E-state index in [1.165, 1.54) is 23.9 Å². The van der Waals surface area contributed by atoms with Gasteiger partial charge in [-0.2, -0.15) is 5.10 Å². The molecule has 0 radical (unpaired) electrons. The summed E-state index contributed by atoms with van der Waals surface area (Å²) in [5.41, 5.74) is 2.61. The summed E-state index contributed by atoms with van der Waals surface area (Å²) in [6, 6.07) is 15.6. The minimum absolute atomic E-state index is 0.273. The monoisotopic (exact) mass is 396 g/mol. The molecule has 0 saturated carbocycles. The normalized spacial score (nSPS) is 11.1. The summed E-state index contributed by atoms with van der Waals surface area (Å²) < 4.78 is 20.1. The number of nitrogens with zero attached hydrogens (tertiary/aromatic N) is 3. The van der Waals surface area contributed by atoms with Gasteiger partial charge in [-0.05, 0) is 55.0 Å². The minimum Gasteiger partial charge on any atom is -0.494 e. The van der Waals surface area contributed by atoms with E-state index in [-0.39, 0.29) is 11.4 Å². The van der Waals surface area contributed by atoms with Gasteiger partial charge >= 0.3 is 0 Å². The molecule has 0 aliphatic carbocycles. The van der Waals surface area contributed by atoms with Gasteiger partial charge in [0, 0.05) is 11.3 Å². The summed E-state index contributed by atoms with van der Waals surface area (Å²) >= 11 is 1.41. The predicted octanol–water partition coefficient (Wildman–Crippen LogP) is 3.91. The fourth-order valence-electron chi connectivity index (χ4n) is 2.74. The number of fused-ring (bicyclic) bond motifs is 1. The van der Waals surface area contributed by atoms with Crippen LogP contribution < -0.4 is 10.3 Å². The third-order valence-electron chi connectivity index (χ3n) is 4.12. The summed E-state index contributed by atoms with van der Waals surface area (Å²) in [7, 11) is 0. The molecule has 1 N–H and O–H groups in total. The molecule has 2 aromatic carbocycles. The minimum atomic E-state index is -0.309. The number of ether oxygens (including phenoxy) is 1. The molecule has 28 heavy (non-hydrogen) atoms. The van der Waals surface area contributed by atoms with Crippen LogP contribution in [0.15, 0.2) is 64.5 Å². The zero-order valence-electron chi connectivity index (χ0n) is 15.1. The van der Waals surface area contributed by atoms with Gasteiger partial charge in [-0.15, -0.1) is 5.10 Å². The summed E-state index contributed by atoms with van der Waals surface area (Å²) in [6.45, 7) is 2.53. The summed E-state index contributed by atoms with van der Waals surface area (Å²) in [6.07, 6.45) is 0. The van der Waals surface area contributed by atoms with Gasteiger partial charge in [0.1, 0.15) is 17.1 Å². The quantitative estimate of drug-likeness (QED) is 0.500. The zero-order valence-corrected chi connectivity index (χ0v) is 15.9. The fourth-order valence-corrected chi connectivity index (χ4v) is 3.60. The molecule has 0 fully saturated rings. The highest BCUT2D eigenvalue weighted by molar-refractivity contribution is 7.98. The average Bonchev–Trinajstić information content (AvgIpc) is 3.16. The van der Waals surface area contributed by atoms with Crippen LogP contribution in [0.4, 0.5) is 4.39 Å². The van der Waals surface area contributed by atoms with E-state index in [1.54, 1.807) is 22.7 Å². The topological polar surface area (TPSA) is 72.3 Å². The SMILES string of the molecule is CCOc1ccc(-c2cc3c(=O)[nH]nc(SCc4ccc(F)cc4)n3n2)cc1. The van der Waals surface area contributed by atoms with E-state index in [1.807, 2.05) is 31.2 Å². The Hall–Kier alpha value is -3.13. The average molecular weight is 396 g/mol. The highest BCUT2D eigenvalue weighted by atomic mass is 32.2. The highest BCUT2D eigenvalue weighted by Crippen LogP contribution is 2.25. The third kappa shape index (κ3) is 3.77. The number of nitrogens with one attached hydrogen (secondary N) is 1. The molecule has 2 heterocycles. The van der Waals surface area contributed by atoms with E-state index in [0.717, 1.165) is 16.9 Å². The van der Waals surface area contributed by atoms with E-state index in [0.29, 0.717) is 28.7 Å². The molecule has 4 aromatic rings. The molecule has 0 saturated heterocycles. The maximum Gasteiger partial charge on any atom is 0.290 e. The zero-order chi connectivity index (χ0) is 19.5. The molecule has 0 amide bonds. The van der Waals surface area contributed by atoms with Gasteiger partial charge in [-0.25, -0.2) is 14.0 Å². The molecule has 0 aliphatic rings. The standard InChI is InChI=1S/C20H17FN4O2S/c1-2-27-16-9-5-14(6-10-16)17-11-18-19(26)22-23-20(25(18)24-17)28-12-13-3-7-15(21)8-4-13/h3-11H,2,12H2,1H3,(H,22,26). The Morgan fingerprint density at radius 2 is 1.89 bits per heavy atom. The van der Waals surface area contributed by atoms with E-state index in [2.05, 4.69) is 15.3 Å². The van der Waals surface area contributed by atoms with Crippen LogP contribution in [-0.4, -0.2) is 26.4 Å². The van der Waals surface area contributed by atoms with Crippen LogP contribution in [0.25, 0.3) is 16.8 Å². The Morgan fingerprint density at radius 1 is 1.14 bits per heavy atom. The Bertz CT molecular complexity index is 1150. The molecule has 0 bridgehead atoms. The Morgan fingerprint density at radius 3 is 2.61 bits per heavy atom. The lowest BCUT2D eigenvalue weighted by Crippen LogP contribution is -2.13. The smallest absolute Gasteiger partial charge is 0.290 e. The van der Waals surface area contributed by atoms with Gasteiger partial charge in [-0.3, -0.25) is 4.79 Å². The van der Waals surface area contributed by atoms with E-state index >= 15 is 0 Å². The van der Waals surface area contributed by atoms with E-state index in [4.69, 9.17) is 4.74 Å². The Labute approximate surface area is 164 Å². The molecular weight excluding hydrogens is 379 g/mol. The molecule has 0 spiro atoms. The maximum absolute atomic E-state index is 13.1. The van der Waals surface area contributed by atoms with Gasteiger partial charge in [0.15, 0.2) is 0 Å². The van der Waals surface area contributed by atoms with Crippen molar-refractivity contribution < 1.29 is 9.13 Å². The second-order valence-electron chi connectivity index (χ2n) is 6.03. The lowest BCUT2D eigenvalue weighted by atomic mass is 10.1. The van der Waals surface area contributed by atoms with Crippen molar-refractivity contribution in [1.82, 2.24) is 19.8 Å². The van der Waals surface area contributed by atoms with Crippen LogP contribution in [0.5, 0.6) is 5.75 Å². The molecule has 8 heteroatoms. The second-order valence-corrected chi connectivity index (χ2v) is 6.98. The molecule has 0 unspecified atom stereocenters. The predicted molar refractivity (Wildman–Crippen MR) is 106 cm³/mol. The van der Waals surface area contributed by atoms with Gasteiger partial charge < -0.3 is 4.74 Å². The molecule has 4 rings (SSSR count). The number of rotatable bonds is 6. The van der Waals surface area contributed by atoms with Crippen molar-refractivity contribution in [2.24, 2.45) is 0 Å².